The minimum absolute atomic E-state index is 0.00254. The Kier molecular flexibility index (Phi) is 18.7. The van der Waals surface area contributed by atoms with Crippen LogP contribution in [0.4, 0.5) is 28.7 Å². The monoisotopic (exact) mass is 876 g/mol. The molecule has 0 fully saturated rings. The van der Waals surface area contributed by atoms with E-state index in [2.05, 4.69) is 30.4 Å². The van der Waals surface area contributed by atoms with Gasteiger partial charge in [0.2, 0.25) is 5.95 Å². The first-order chi connectivity index (χ1) is 29.0. The highest BCUT2D eigenvalue weighted by Gasteiger charge is 2.17. The fraction of sp³-hybridized carbons (Fsp3) is 0.211. The molecule has 4 aromatic carbocycles. The number of anilines is 1. The van der Waals surface area contributed by atoms with Gasteiger partial charge in [-0.05, 0) is 73.0 Å². The lowest BCUT2D eigenvalue weighted by Crippen LogP contribution is -2.28. The molecule has 0 amide bonds. The third-order valence-electron chi connectivity index (χ3n) is 7.66. The number of carboxylic acid groups (broad SMARTS) is 2. The molecular formula is C38H36N8O13S2. The minimum Gasteiger partial charge on any atom is -0.493 e. The van der Waals surface area contributed by atoms with Gasteiger partial charge >= 0.3 is 28.7 Å². The van der Waals surface area contributed by atoms with Crippen LogP contribution in [0.15, 0.2) is 111 Å². The van der Waals surface area contributed by atoms with Crippen molar-refractivity contribution in [3.8, 4) is 5.75 Å². The Bertz CT molecular complexity index is 2620. The predicted octanol–water partition coefficient (Wildman–Crippen LogP) is 5.48. The van der Waals surface area contributed by atoms with Crippen LogP contribution >= 0.6 is 0 Å². The second-order valence-corrected chi connectivity index (χ2v) is 14.3. The number of aliphatic carboxylic acids is 1. The van der Waals surface area contributed by atoms with Crippen LogP contribution in [0.25, 0.3) is 0 Å². The number of azo groups is 2. The van der Waals surface area contributed by atoms with E-state index in [0.717, 1.165) is 11.3 Å². The smallest absolute Gasteiger partial charge is 0.425 e. The first-order valence-corrected chi connectivity index (χ1v) is 20.0. The standard InChI is InChI=1S/C37H36N8O8S.CO2.O3S/c1-24-18-27(32(53-16-7-17-54(50,51)52)22-31(24)44-43-30-11-6-8-26(20-30)36(48)49)21-34-38-33(39-37(40-34)45(2)23-35(46)47)19-25-12-14-29(15-13-25)42-41-28-9-4-3-5-10-28;2-1-3;1-4(2)3/h3-6,8-15,18,20,22H,7,16-17,19,21,23H2,1-2H3,(H,46,47)(H,48,49)(H,50,51,52);;. The largest absolute Gasteiger partial charge is 0.493 e. The highest BCUT2D eigenvalue weighted by molar-refractivity contribution is 7.85. The number of hydrogen-bond donors (Lipinski definition) is 3. The lowest BCUT2D eigenvalue weighted by Gasteiger charge is -2.17. The maximum absolute atomic E-state index is 11.6. The Labute approximate surface area is 349 Å². The van der Waals surface area contributed by atoms with Crippen molar-refractivity contribution >= 4 is 67.5 Å². The topological polar surface area (TPSA) is 315 Å². The van der Waals surface area contributed by atoms with Crippen molar-refractivity contribution < 1.29 is 59.7 Å². The number of hydrogen-bond acceptors (Lipinski definition) is 18. The fourth-order valence-electron chi connectivity index (χ4n) is 5.05. The maximum atomic E-state index is 11.6. The van der Waals surface area contributed by atoms with Crippen LogP contribution in [0.1, 0.15) is 45.1 Å². The highest BCUT2D eigenvalue weighted by atomic mass is 32.2. The van der Waals surface area contributed by atoms with E-state index in [-0.39, 0.29) is 43.7 Å². The van der Waals surface area contributed by atoms with E-state index >= 15 is 0 Å². The van der Waals surface area contributed by atoms with Crippen LogP contribution < -0.4 is 9.64 Å². The van der Waals surface area contributed by atoms with Crippen LogP contribution in [0, 0.1) is 6.92 Å². The molecular weight excluding hydrogens is 841 g/mol. The van der Waals surface area contributed by atoms with Crippen LogP contribution in [-0.2, 0) is 48.0 Å². The SMILES string of the molecule is Cc1cc(Cc2nc(Cc3ccc(N=Nc4ccccc4)cc3)nc(N(C)CC(=O)O)n2)c(OCCCS(=O)(=O)O)cc1N=Nc1cccc(C(=O)O)c1.O=C=O.O=S(=O)=O. The average molecular weight is 877 g/mol. The Balaban J connectivity index is 0.00000132. The molecule has 1 aromatic heterocycles. The first kappa shape index (κ1) is 47.9. The number of carboxylic acids is 2. The number of nitrogens with zero attached hydrogens (tertiary/aromatic N) is 8. The lowest BCUT2D eigenvalue weighted by atomic mass is 10.1. The van der Waals surface area contributed by atoms with Gasteiger partial charge < -0.3 is 19.8 Å². The van der Waals surface area contributed by atoms with Crippen LogP contribution in [0.3, 0.4) is 0 Å². The molecule has 0 saturated heterocycles. The van der Waals surface area contributed by atoms with Gasteiger partial charge in [-0.25, -0.2) is 9.78 Å². The zero-order valence-electron chi connectivity index (χ0n) is 32.2. The maximum Gasteiger partial charge on any atom is 0.425 e. The molecule has 0 radical (unpaired) electrons. The van der Waals surface area contributed by atoms with Gasteiger partial charge in [-0.2, -0.15) is 48.4 Å². The minimum atomic E-state index is -4.21. The Hall–Kier alpha value is -7.46. The number of likely N-dealkylation sites (N-methyl/N-ethyl adjacent to an activating group) is 1. The Morgan fingerprint density at radius 1 is 0.787 bits per heavy atom. The summed E-state index contributed by atoms with van der Waals surface area (Å²) in [5.74, 6) is -1.54. The summed E-state index contributed by atoms with van der Waals surface area (Å²) >= 11 is 0. The average Bonchev–Trinajstić information content (AvgIpc) is 3.19. The van der Waals surface area contributed by atoms with Gasteiger partial charge in [0, 0.05) is 31.5 Å². The summed E-state index contributed by atoms with van der Waals surface area (Å²) in [6.45, 7) is 1.37. The van der Waals surface area contributed by atoms with Crippen molar-refractivity contribution in [3.05, 3.63) is 125 Å². The number of aromatic nitrogens is 3. The summed E-state index contributed by atoms with van der Waals surface area (Å²) in [6.07, 6.45) is 0.645. The molecule has 1 heterocycles. The molecule has 0 aliphatic heterocycles. The molecule has 21 nitrogen and oxygen atoms in total. The lowest BCUT2D eigenvalue weighted by molar-refractivity contribution is -0.191. The molecule has 3 N–H and O–H groups in total. The van der Waals surface area contributed by atoms with E-state index in [0.29, 0.717) is 52.0 Å². The zero-order chi connectivity index (χ0) is 45.0. The van der Waals surface area contributed by atoms with Crippen molar-refractivity contribution in [1.82, 2.24) is 15.0 Å². The van der Waals surface area contributed by atoms with Gasteiger partial charge in [0.1, 0.15) is 23.9 Å². The number of carbonyl (C=O) groups is 2. The van der Waals surface area contributed by atoms with E-state index < -0.39 is 38.4 Å². The number of aryl methyl sites for hydroxylation is 1. The predicted molar refractivity (Wildman–Crippen MR) is 213 cm³/mol. The molecule has 0 atom stereocenters. The summed E-state index contributed by atoms with van der Waals surface area (Å²) in [5.41, 5.74) is 4.27. The number of carbonyl (C=O) groups excluding carboxylic acids is 2. The third kappa shape index (κ3) is 17.9. The summed E-state index contributed by atoms with van der Waals surface area (Å²) in [6, 6.07) is 26.1. The van der Waals surface area contributed by atoms with Gasteiger partial charge in [-0.15, -0.1) is 12.6 Å². The van der Waals surface area contributed by atoms with Gasteiger partial charge in [0.05, 0.1) is 40.7 Å². The summed E-state index contributed by atoms with van der Waals surface area (Å²) < 4.78 is 63.1. The molecule has 0 saturated carbocycles. The van der Waals surface area contributed by atoms with Crippen molar-refractivity contribution in [1.29, 1.82) is 0 Å². The van der Waals surface area contributed by atoms with E-state index in [1.165, 1.54) is 17.0 Å². The van der Waals surface area contributed by atoms with E-state index in [1.54, 1.807) is 38.2 Å². The molecule has 0 aliphatic carbocycles. The molecule has 0 spiro atoms. The molecule has 318 valence electrons. The van der Waals surface area contributed by atoms with E-state index in [9.17, 15) is 32.8 Å². The van der Waals surface area contributed by atoms with Gasteiger partial charge in [-0.1, -0.05) is 36.4 Å². The quantitative estimate of drug-likeness (QED) is 0.0591. The van der Waals surface area contributed by atoms with Crippen LogP contribution in [0.5, 0.6) is 5.75 Å². The number of rotatable bonds is 17. The van der Waals surface area contributed by atoms with E-state index in [1.807, 2.05) is 54.6 Å². The van der Waals surface area contributed by atoms with Gasteiger partial charge in [0.15, 0.2) is 0 Å². The Morgan fingerprint density at radius 3 is 1.95 bits per heavy atom. The fourth-order valence-corrected chi connectivity index (χ4v) is 5.54. The summed E-state index contributed by atoms with van der Waals surface area (Å²) in [5, 5.41) is 35.8. The Morgan fingerprint density at radius 2 is 1.36 bits per heavy atom. The summed E-state index contributed by atoms with van der Waals surface area (Å²) in [4.78, 5) is 54.4. The molecule has 61 heavy (non-hydrogen) atoms. The normalized spacial score (nSPS) is 10.8. The molecule has 0 bridgehead atoms. The molecule has 0 unspecified atom stereocenters. The second-order valence-electron chi connectivity index (χ2n) is 12.4. The van der Waals surface area contributed by atoms with E-state index in [4.69, 9.17) is 31.9 Å². The van der Waals surface area contributed by atoms with Gasteiger partial charge in [0.25, 0.3) is 10.1 Å². The third-order valence-corrected chi connectivity index (χ3v) is 8.47. The van der Waals surface area contributed by atoms with Crippen LogP contribution in [-0.4, -0.2) is 94.8 Å². The van der Waals surface area contributed by atoms with Gasteiger partial charge in [-0.3, -0.25) is 9.35 Å². The number of aromatic carboxylic acids is 1. The first-order valence-electron chi connectivity index (χ1n) is 17.4. The molecule has 5 aromatic rings. The number of benzene rings is 4. The van der Waals surface area contributed by atoms with Crippen LogP contribution in [0.2, 0.25) is 0 Å². The summed E-state index contributed by atoms with van der Waals surface area (Å²) in [7, 11) is -5.76. The zero-order valence-corrected chi connectivity index (χ0v) is 33.9. The van der Waals surface area contributed by atoms with Crippen molar-refractivity contribution in [2.24, 2.45) is 20.5 Å². The van der Waals surface area contributed by atoms with Crippen molar-refractivity contribution in [2.45, 2.75) is 26.2 Å². The van der Waals surface area contributed by atoms with Crippen molar-refractivity contribution in [2.75, 3.05) is 30.9 Å². The second kappa shape index (κ2) is 23.8. The highest BCUT2D eigenvalue weighted by Crippen LogP contribution is 2.32. The van der Waals surface area contributed by atoms with Crippen molar-refractivity contribution in [3.63, 3.8) is 0 Å². The molecule has 5 rings (SSSR count). The number of ether oxygens (including phenoxy) is 1. The molecule has 23 heteroatoms. The molecule has 0 aliphatic rings.